The third kappa shape index (κ3) is 3.64. The van der Waals surface area contributed by atoms with Gasteiger partial charge in [-0.05, 0) is 38.0 Å². The minimum absolute atomic E-state index is 0.0860. The molecule has 1 aromatic carbocycles. The molecule has 150 valence electrons. The van der Waals surface area contributed by atoms with Crippen LogP contribution in [-0.4, -0.2) is 65.0 Å². The summed E-state index contributed by atoms with van der Waals surface area (Å²) in [4.78, 5) is 33.2. The van der Waals surface area contributed by atoms with Gasteiger partial charge in [0.25, 0.3) is 5.91 Å². The Morgan fingerprint density at radius 1 is 0.966 bits per heavy atom. The molecule has 0 N–H and O–H groups in total. The van der Waals surface area contributed by atoms with E-state index in [2.05, 4.69) is 25.8 Å². The van der Waals surface area contributed by atoms with E-state index < -0.39 is 0 Å². The molecule has 0 radical (unpaired) electrons. The van der Waals surface area contributed by atoms with Crippen molar-refractivity contribution < 1.29 is 4.79 Å². The lowest BCUT2D eigenvalue weighted by molar-refractivity contribution is 0.0746. The van der Waals surface area contributed by atoms with Crippen LogP contribution in [0.15, 0.2) is 29.8 Å². The van der Waals surface area contributed by atoms with Gasteiger partial charge in [-0.2, -0.15) is 4.98 Å². The summed E-state index contributed by atoms with van der Waals surface area (Å²) < 4.78 is 1.05. The number of carbonyl (C=O) groups excluding carboxylic acids is 1. The summed E-state index contributed by atoms with van der Waals surface area (Å²) in [6.07, 6.45) is 2.46. The van der Waals surface area contributed by atoms with E-state index >= 15 is 0 Å². The number of nitrogens with zero attached hydrogens (tertiary/aromatic N) is 6. The van der Waals surface area contributed by atoms with Crippen LogP contribution in [0.5, 0.6) is 0 Å². The molecule has 29 heavy (non-hydrogen) atoms. The fraction of sp³-hybridized carbons (Fsp3) is 0.429. The highest BCUT2D eigenvalue weighted by Gasteiger charge is 2.25. The van der Waals surface area contributed by atoms with Crippen molar-refractivity contribution in [2.45, 2.75) is 19.8 Å². The zero-order valence-corrected chi connectivity index (χ0v) is 17.4. The van der Waals surface area contributed by atoms with Gasteiger partial charge in [0.2, 0.25) is 5.95 Å². The van der Waals surface area contributed by atoms with Crippen LogP contribution in [0.1, 0.15) is 28.9 Å². The van der Waals surface area contributed by atoms with E-state index in [4.69, 9.17) is 4.98 Å². The summed E-state index contributed by atoms with van der Waals surface area (Å²) in [6.45, 7) is 7.02. The maximum Gasteiger partial charge on any atom is 0.254 e. The van der Waals surface area contributed by atoms with E-state index in [0.717, 1.165) is 59.4 Å². The minimum Gasteiger partial charge on any atom is -0.356 e. The fourth-order valence-electron chi connectivity index (χ4n) is 4.07. The lowest BCUT2D eigenvalue weighted by atomic mass is 10.1. The number of hydrogen-bond donors (Lipinski definition) is 0. The molecule has 4 heterocycles. The first-order valence-corrected chi connectivity index (χ1v) is 11.0. The number of thiazole rings is 1. The van der Waals surface area contributed by atoms with Crippen molar-refractivity contribution in [3.8, 4) is 0 Å². The molecule has 0 bridgehead atoms. The van der Waals surface area contributed by atoms with Gasteiger partial charge in [0.1, 0.15) is 5.82 Å². The normalized spacial score (nSPS) is 17.3. The Bertz CT molecular complexity index is 1040. The van der Waals surface area contributed by atoms with Crippen molar-refractivity contribution in [1.82, 2.24) is 19.9 Å². The van der Waals surface area contributed by atoms with E-state index in [9.17, 15) is 4.79 Å². The van der Waals surface area contributed by atoms with Crippen molar-refractivity contribution in [2.75, 3.05) is 49.1 Å². The number of amides is 1. The first-order chi connectivity index (χ1) is 14.2. The molecule has 2 fully saturated rings. The first-order valence-electron chi connectivity index (χ1n) is 10.2. The quantitative estimate of drug-likeness (QED) is 0.664. The summed E-state index contributed by atoms with van der Waals surface area (Å²) >= 11 is 1.57. The number of piperazine rings is 1. The van der Waals surface area contributed by atoms with Gasteiger partial charge in [-0.3, -0.25) is 4.79 Å². The number of aryl methyl sites for hydroxylation is 1. The van der Waals surface area contributed by atoms with Gasteiger partial charge < -0.3 is 14.7 Å². The zero-order valence-electron chi connectivity index (χ0n) is 16.5. The molecule has 2 aliphatic rings. The third-order valence-corrected chi connectivity index (χ3v) is 6.48. The number of rotatable bonds is 3. The molecular formula is C21H24N6OS. The second-order valence-corrected chi connectivity index (χ2v) is 8.56. The largest absolute Gasteiger partial charge is 0.356 e. The van der Waals surface area contributed by atoms with Gasteiger partial charge in [0.15, 0.2) is 0 Å². The molecule has 0 saturated carbocycles. The average molecular weight is 409 g/mol. The molecule has 2 aliphatic heterocycles. The number of carbonyl (C=O) groups is 1. The van der Waals surface area contributed by atoms with E-state index in [1.54, 1.807) is 11.3 Å². The number of hydrogen-bond acceptors (Lipinski definition) is 7. The number of aromatic nitrogens is 3. The Morgan fingerprint density at radius 2 is 1.76 bits per heavy atom. The van der Waals surface area contributed by atoms with E-state index in [0.29, 0.717) is 13.1 Å². The fourth-order valence-corrected chi connectivity index (χ4v) is 4.78. The molecule has 0 spiro atoms. The highest BCUT2D eigenvalue weighted by Crippen LogP contribution is 2.23. The molecule has 1 amide bonds. The third-order valence-electron chi connectivity index (χ3n) is 5.69. The van der Waals surface area contributed by atoms with Crippen molar-refractivity contribution in [1.29, 1.82) is 0 Å². The summed E-state index contributed by atoms with van der Waals surface area (Å²) in [5.74, 6) is 1.90. The summed E-state index contributed by atoms with van der Waals surface area (Å²) in [5.41, 5.74) is 4.49. The van der Waals surface area contributed by atoms with Crippen LogP contribution in [-0.2, 0) is 0 Å². The first kappa shape index (κ1) is 18.3. The Kier molecular flexibility index (Phi) is 4.79. The number of fused-ring (bicyclic) bond motifs is 1. The zero-order chi connectivity index (χ0) is 19.8. The molecule has 2 aromatic heterocycles. The Labute approximate surface area is 174 Å². The van der Waals surface area contributed by atoms with Crippen LogP contribution < -0.4 is 9.80 Å². The molecular weight excluding hydrogens is 384 g/mol. The molecule has 8 heteroatoms. The predicted molar refractivity (Wildman–Crippen MR) is 116 cm³/mol. The van der Waals surface area contributed by atoms with Crippen molar-refractivity contribution >= 4 is 39.2 Å². The van der Waals surface area contributed by atoms with E-state index in [-0.39, 0.29) is 5.91 Å². The van der Waals surface area contributed by atoms with Gasteiger partial charge in [-0.1, -0.05) is 0 Å². The van der Waals surface area contributed by atoms with Gasteiger partial charge in [-0.25, -0.2) is 9.97 Å². The number of benzene rings is 1. The Morgan fingerprint density at radius 3 is 2.55 bits per heavy atom. The van der Waals surface area contributed by atoms with Crippen LogP contribution >= 0.6 is 11.3 Å². The highest BCUT2D eigenvalue weighted by atomic mass is 32.1. The minimum atomic E-state index is 0.0860. The monoisotopic (exact) mass is 408 g/mol. The second kappa shape index (κ2) is 7.59. The van der Waals surface area contributed by atoms with Crippen molar-refractivity contribution in [3.63, 3.8) is 0 Å². The van der Waals surface area contributed by atoms with Crippen LogP contribution in [0.2, 0.25) is 0 Å². The van der Waals surface area contributed by atoms with Gasteiger partial charge in [0.05, 0.1) is 15.7 Å². The summed E-state index contributed by atoms with van der Waals surface area (Å²) in [7, 11) is 0. The molecule has 2 saturated heterocycles. The molecule has 0 aliphatic carbocycles. The lowest BCUT2D eigenvalue weighted by Crippen LogP contribution is -2.49. The SMILES string of the molecule is Cc1cc(N2CCCC2)nc(N2CCN(C(=O)c3ccc4ncsc4c3)CC2)n1. The second-order valence-electron chi connectivity index (χ2n) is 7.68. The van der Waals surface area contributed by atoms with E-state index in [1.807, 2.05) is 35.5 Å². The van der Waals surface area contributed by atoms with Crippen molar-refractivity contribution in [2.24, 2.45) is 0 Å². The average Bonchev–Trinajstić information content (AvgIpc) is 3.44. The highest BCUT2D eigenvalue weighted by molar-refractivity contribution is 7.16. The summed E-state index contributed by atoms with van der Waals surface area (Å²) in [5, 5.41) is 0. The smallest absolute Gasteiger partial charge is 0.254 e. The van der Waals surface area contributed by atoms with Gasteiger partial charge in [0, 0.05) is 56.6 Å². The van der Waals surface area contributed by atoms with Crippen molar-refractivity contribution in [3.05, 3.63) is 41.0 Å². The standard InChI is InChI=1S/C21H24N6OS/c1-15-12-19(25-6-2-3-7-25)24-21(23-15)27-10-8-26(9-11-27)20(28)16-4-5-17-18(13-16)29-14-22-17/h4-5,12-14H,2-3,6-11H2,1H3. The van der Waals surface area contributed by atoms with E-state index in [1.165, 1.54) is 12.8 Å². The van der Waals surface area contributed by atoms with Crippen LogP contribution in [0, 0.1) is 6.92 Å². The Hall–Kier alpha value is -2.74. The van der Waals surface area contributed by atoms with Crippen LogP contribution in [0.25, 0.3) is 10.2 Å². The predicted octanol–water partition coefficient (Wildman–Crippen LogP) is 2.96. The maximum absolute atomic E-state index is 12.9. The van der Waals surface area contributed by atoms with Crippen LogP contribution in [0.4, 0.5) is 11.8 Å². The molecule has 7 nitrogen and oxygen atoms in total. The number of anilines is 2. The molecule has 3 aromatic rings. The Balaban J connectivity index is 1.28. The van der Waals surface area contributed by atoms with Crippen LogP contribution in [0.3, 0.4) is 0 Å². The van der Waals surface area contributed by atoms with Gasteiger partial charge >= 0.3 is 0 Å². The molecule has 5 rings (SSSR count). The molecule has 0 atom stereocenters. The lowest BCUT2D eigenvalue weighted by Gasteiger charge is -2.35. The maximum atomic E-state index is 12.9. The molecule has 0 unspecified atom stereocenters. The topological polar surface area (TPSA) is 65.5 Å². The van der Waals surface area contributed by atoms with Gasteiger partial charge in [-0.15, -0.1) is 11.3 Å². The summed E-state index contributed by atoms with van der Waals surface area (Å²) in [6, 6.07) is 7.83.